The predicted molar refractivity (Wildman–Crippen MR) is 83.3 cm³/mol. The highest BCUT2D eigenvalue weighted by molar-refractivity contribution is 9.10. The second-order valence-corrected chi connectivity index (χ2v) is 5.93. The van der Waals surface area contributed by atoms with Crippen LogP contribution >= 0.6 is 39.1 Å². The summed E-state index contributed by atoms with van der Waals surface area (Å²) in [6.45, 7) is 0. The Bertz CT molecular complexity index is 594. The number of Topliss-reactive ketones (excluding diaryl/α,β-unsaturated/α-hetero) is 1. The number of halogens is 3. The largest absolute Gasteiger partial charge is 0.294 e. The third kappa shape index (κ3) is 4.07. The monoisotopic (exact) mass is 356 g/mol. The molecule has 0 amide bonds. The van der Waals surface area contributed by atoms with Gasteiger partial charge in [0, 0.05) is 21.5 Å². The molecule has 2 aromatic carbocycles. The first-order chi connectivity index (χ1) is 9.06. The third-order valence-electron chi connectivity index (χ3n) is 2.78. The molecule has 0 radical (unpaired) electrons. The Labute approximate surface area is 130 Å². The van der Waals surface area contributed by atoms with Crippen molar-refractivity contribution in [2.24, 2.45) is 0 Å². The van der Waals surface area contributed by atoms with E-state index in [9.17, 15) is 4.79 Å². The van der Waals surface area contributed by atoms with Crippen LogP contribution < -0.4 is 0 Å². The molecule has 0 saturated carbocycles. The summed E-state index contributed by atoms with van der Waals surface area (Å²) < 4.78 is 1.03. The highest BCUT2D eigenvalue weighted by Gasteiger charge is 2.11. The minimum Gasteiger partial charge on any atom is -0.294 e. The van der Waals surface area contributed by atoms with Crippen LogP contribution in [0.25, 0.3) is 0 Å². The maximum absolute atomic E-state index is 12.1. The van der Waals surface area contributed by atoms with E-state index in [1.807, 2.05) is 24.3 Å². The average Bonchev–Trinajstić information content (AvgIpc) is 2.40. The number of hydrogen-bond acceptors (Lipinski definition) is 1. The number of rotatable bonds is 4. The zero-order valence-corrected chi connectivity index (χ0v) is 13.1. The average molecular weight is 358 g/mol. The van der Waals surface area contributed by atoms with E-state index >= 15 is 0 Å². The Morgan fingerprint density at radius 3 is 2.42 bits per heavy atom. The van der Waals surface area contributed by atoms with Crippen molar-refractivity contribution in [3.63, 3.8) is 0 Å². The molecule has 0 fully saturated rings. The number of carbonyl (C=O) groups is 1. The molecular formula is C15H11BrCl2O. The molecule has 0 aromatic heterocycles. The van der Waals surface area contributed by atoms with Gasteiger partial charge in [-0.15, -0.1) is 0 Å². The molecule has 4 heteroatoms. The molecule has 0 bridgehead atoms. The molecule has 0 aliphatic heterocycles. The van der Waals surface area contributed by atoms with Gasteiger partial charge in [-0.1, -0.05) is 51.3 Å². The number of aryl methyl sites for hydroxylation is 1. The van der Waals surface area contributed by atoms with E-state index in [2.05, 4.69) is 15.9 Å². The molecule has 0 atom stereocenters. The van der Waals surface area contributed by atoms with Crippen LogP contribution in [0.5, 0.6) is 0 Å². The van der Waals surface area contributed by atoms with E-state index in [4.69, 9.17) is 23.2 Å². The van der Waals surface area contributed by atoms with Gasteiger partial charge in [-0.3, -0.25) is 4.79 Å². The van der Waals surface area contributed by atoms with E-state index in [0.29, 0.717) is 28.5 Å². The second kappa shape index (κ2) is 6.56. The van der Waals surface area contributed by atoms with Gasteiger partial charge in [-0.05, 0) is 42.3 Å². The fourth-order valence-electron chi connectivity index (χ4n) is 1.75. The lowest BCUT2D eigenvalue weighted by atomic mass is 10.0. The Morgan fingerprint density at radius 1 is 1.05 bits per heavy atom. The highest BCUT2D eigenvalue weighted by Crippen LogP contribution is 2.22. The van der Waals surface area contributed by atoms with Crippen LogP contribution in [-0.2, 0) is 6.42 Å². The SMILES string of the molecule is O=C(CCc1ccc(Br)cc1)c1cc(Cl)ccc1Cl. The van der Waals surface area contributed by atoms with Gasteiger partial charge >= 0.3 is 0 Å². The lowest BCUT2D eigenvalue weighted by molar-refractivity contribution is 0.0983. The Balaban J connectivity index is 2.05. The molecule has 0 saturated heterocycles. The third-order valence-corrected chi connectivity index (χ3v) is 3.88. The molecule has 0 aliphatic carbocycles. The second-order valence-electron chi connectivity index (χ2n) is 4.17. The van der Waals surface area contributed by atoms with Crippen molar-refractivity contribution in [1.82, 2.24) is 0 Å². The summed E-state index contributed by atoms with van der Waals surface area (Å²) in [4.78, 5) is 12.1. The van der Waals surface area contributed by atoms with Crippen molar-refractivity contribution in [3.8, 4) is 0 Å². The first-order valence-corrected chi connectivity index (χ1v) is 7.34. The van der Waals surface area contributed by atoms with E-state index in [1.54, 1.807) is 18.2 Å². The van der Waals surface area contributed by atoms with E-state index in [0.717, 1.165) is 10.0 Å². The van der Waals surface area contributed by atoms with E-state index in [1.165, 1.54) is 0 Å². The minimum atomic E-state index is 0.00965. The number of ketones is 1. The first kappa shape index (κ1) is 14.6. The molecule has 2 aromatic rings. The molecule has 0 unspecified atom stereocenters. The smallest absolute Gasteiger partial charge is 0.164 e. The lowest BCUT2D eigenvalue weighted by Gasteiger charge is -2.05. The van der Waals surface area contributed by atoms with Gasteiger partial charge < -0.3 is 0 Å². The molecule has 19 heavy (non-hydrogen) atoms. The quantitative estimate of drug-likeness (QED) is 0.653. The van der Waals surface area contributed by atoms with Crippen molar-refractivity contribution in [1.29, 1.82) is 0 Å². The van der Waals surface area contributed by atoms with Crippen LogP contribution in [0.2, 0.25) is 10.0 Å². The van der Waals surface area contributed by atoms with Crippen LogP contribution in [-0.4, -0.2) is 5.78 Å². The molecule has 98 valence electrons. The van der Waals surface area contributed by atoms with E-state index in [-0.39, 0.29) is 5.78 Å². The standard InChI is InChI=1S/C15H11BrCl2O/c16-11-4-1-10(2-5-11)3-8-15(19)13-9-12(17)6-7-14(13)18/h1-2,4-7,9H,3,8H2. The Morgan fingerprint density at radius 2 is 1.74 bits per heavy atom. The number of carbonyl (C=O) groups excluding carboxylic acids is 1. The zero-order valence-electron chi connectivity index (χ0n) is 10.00. The Hall–Kier alpha value is -0.830. The maximum atomic E-state index is 12.1. The summed E-state index contributed by atoms with van der Waals surface area (Å²) in [6.07, 6.45) is 1.11. The normalized spacial score (nSPS) is 10.5. The van der Waals surface area contributed by atoms with Crippen molar-refractivity contribution in [2.45, 2.75) is 12.8 Å². The molecule has 0 aliphatic rings. The van der Waals surface area contributed by atoms with Gasteiger partial charge in [0.05, 0.1) is 5.02 Å². The van der Waals surface area contributed by atoms with Gasteiger partial charge in [-0.2, -0.15) is 0 Å². The molecule has 0 heterocycles. The molecule has 0 spiro atoms. The molecule has 0 N–H and O–H groups in total. The summed E-state index contributed by atoms with van der Waals surface area (Å²) >= 11 is 15.3. The lowest BCUT2D eigenvalue weighted by Crippen LogP contribution is -2.02. The van der Waals surface area contributed by atoms with Gasteiger partial charge in [0.2, 0.25) is 0 Å². The van der Waals surface area contributed by atoms with Gasteiger partial charge in [-0.25, -0.2) is 0 Å². The van der Waals surface area contributed by atoms with Crippen molar-refractivity contribution in [3.05, 3.63) is 68.1 Å². The summed E-state index contributed by atoms with van der Waals surface area (Å²) in [5.41, 5.74) is 1.61. The summed E-state index contributed by atoms with van der Waals surface area (Å²) in [7, 11) is 0. The fourth-order valence-corrected chi connectivity index (χ4v) is 2.41. The predicted octanol–water partition coefficient (Wildman–Crippen LogP) is 5.57. The summed E-state index contributed by atoms with van der Waals surface area (Å²) in [5, 5.41) is 0.974. The van der Waals surface area contributed by atoms with Crippen molar-refractivity contribution in [2.75, 3.05) is 0 Å². The molecule has 1 nitrogen and oxygen atoms in total. The van der Waals surface area contributed by atoms with Crippen LogP contribution in [0.3, 0.4) is 0 Å². The fraction of sp³-hybridized carbons (Fsp3) is 0.133. The summed E-state index contributed by atoms with van der Waals surface area (Å²) in [5.74, 6) is 0.00965. The van der Waals surface area contributed by atoms with Gasteiger partial charge in [0.15, 0.2) is 5.78 Å². The molecular weight excluding hydrogens is 347 g/mol. The van der Waals surface area contributed by atoms with Gasteiger partial charge in [0.1, 0.15) is 0 Å². The van der Waals surface area contributed by atoms with Crippen molar-refractivity contribution < 1.29 is 4.79 Å². The number of hydrogen-bond donors (Lipinski definition) is 0. The maximum Gasteiger partial charge on any atom is 0.164 e. The minimum absolute atomic E-state index is 0.00965. The van der Waals surface area contributed by atoms with Crippen LogP contribution in [0.4, 0.5) is 0 Å². The van der Waals surface area contributed by atoms with Crippen LogP contribution in [0.15, 0.2) is 46.9 Å². The number of benzene rings is 2. The van der Waals surface area contributed by atoms with Crippen LogP contribution in [0.1, 0.15) is 22.3 Å². The molecule has 2 rings (SSSR count). The zero-order chi connectivity index (χ0) is 13.8. The van der Waals surface area contributed by atoms with Gasteiger partial charge in [0.25, 0.3) is 0 Å². The van der Waals surface area contributed by atoms with Crippen molar-refractivity contribution >= 4 is 44.9 Å². The van der Waals surface area contributed by atoms with E-state index < -0.39 is 0 Å². The highest BCUT2D eigenvalue weighted by atomic mass is 79.9. The first-order valence-electron chi connectivity index (χ1n) is 5.79. The van der Waals surface area contributed by atoms with Crippen LogP contribution in [0, 0.1) is 0 Å². The topological polar surface area (TPSA) is 17.1 Å². The Kier molecular flexibility index (Phi) is 5.03. The summed E-state index contributed by atoms with van der Waals surface area (Å²) in [6, 6.07) is 12.9.